The number of esters is 2. The van der Waals surface area contributed by atoms with Crippen molar-refractivity contribution in [3.8, 4) is 0 Å². The van der Waals surface area contributed by atoms with Crippen molar-refractivity contribution in [1.82, 2.24) is 0 Å². The van der Waals surface area contributed by atoms with E-state index < -0.39 is 57.7 Å². The number of allylic oxidation sites excluding steroid dienone is 18. The molecule has 0 saturated carbocycles. The summed E-state index contributed by atoms with van der Waals surface area (Å²) >= 11 is 0. The molecule has 59 heavy (non-hydrogen) atoms. The second-order valence-corrected chi connectivity index (χ2v) is 14.9. The summed E-state index contributed by atoms with van der Waals surface area (Å²) in [6.45, 7) is 2.32. The summed E-state index contributed by atoms with van der Waals surface area (Å²) in [4.78, 5) is 58.1. The molecule has 0 heterocycles. The SMILES string of the molecule is CC/C=C\C/C=C\C/C=C\C/C=C\C/C=C\CCCC(=O)O[C@H](COC(=O)CCCC(=O)/C=C/C=C\C/C=C\C/C=C\CCCCC)COP(=O)(O)OC[C@H](N)C(=O)O. The van der Waals surface area contributed by atoms with E-state index in [0.29, 0.717) is 12.8 Å². The maximum Gasteiger partial charge on any atom is 0.472 e. The molecule has 1 unspecified atom stereocenters. The highest BCUT2D eigenvalue weighted by Crippen LogP contribution is 2.43. The molecule has 0 aliphatic rings. The van der Waals surface area contributed by atoms with E-state index in [9.17, 15) is 28.6 Å². The Hall–Kier alpha value is -4.19. The summed E-state index contributed by atoms with van der Waals surface area (Å²) in [6, 6.07) is -1.57. The number of ether oxygens (including phenoxy) is 2. The zero-order valence-corrected chi connectivity index (χ0v) is 36.2. The van der Waals surface area contributed by atoms with Crippen molar-refractivity contribution >= 4 is 31.5 Å². The average molecular weight is 844 g/mol. The fraction of sp³-hybridized carbons (Fsp3) is 0.522. The first-order valence-corrected chi connectivity index (χ1v) is 22.4. The highest BCUT2D eigenvalue weighted by molar-refractivity contribution is 7.47. The number of aliphatic carboxylic acids is 1. The molecule has 0 spiro atoms. The summed E-state index contributed by atoms with van der Waals surface area (Å²) in [5.74, 6) is -2.91. The smallest absolute Gasteiger partial charge is 0.472 e. The molecule has 0 aromatic carbocycles. The van der Waals surface area contributed by atoms with Crippen molar-refractivity contribution in [3.63, 3.8) is 0 Å². The fourth-order valence-corrected chi connectivity index (χ4v) is 5.48. The van der Waals surface area contributed by atoms with Gasteiger partial charge in [0.25, 0.3) is 0 Å². The Labute approximate surface area is 353 Å². The van der Waals surface area contributed by atoms with Crippen molar-refractivity contribution in [3.05, 3.63) is 109 Å². The molecule has 0 bridgehead atoms. The number of hydrogen-bond acceptors (Lipinski definition) is 10. The number of carbonyl (C=O) groups is 4. The number of carbonyl (C=O) groups excluding carboxylic acids is 3. The van der Waals surface area contributed by atoms with Gasteiger partial charge >= 0.3 is 25.7 Å². The van der Waals surface area contributed by atoms with Crippen molar-refractivity contribution in [2.24, 2.45) is 5.73 Å². The summed E-state index contributed by atoms with van der Waals surface area (Å²) in [5.41, 5.74) is 5.31. The zero-order valence-electron chi connectivity index (χ0n) is 35.3. The second kappa shape index (κ2) is 39.3. The van der Waals surface area contributed by atoms with Crippen LogP contribution in [0.4, 0.5) is 0 Å². The Kier molecular flexibility index (Phi) is 36.5. The summed E-state index contributed by atoms with van der Waals surface area (Å²) in [7, 11) is -4.79. The molecule has 12 nitrogen and oxygen atoms in total. The van der Waals surface area contributed by atoms with E-state index in [-0.39, 0.29) is 31.5 Å². The third-order valence-electron chi connectivity index (χ3n) is 7.98. The summed E-state index contributed by atoms with van der Waals surface area (Å²) < 4.78 is 32.4. The van der Waals surface area contributed by atoms with Crippen LogP contribution in [0.25, 0.3) is 0 Å². The van der Waals surface area contributed by atoms with Gasteiger partial charge in [-0.25, -0.2) is 4.57 Å². The second-order valence-electron chi connectivity index (χ2n) is 13.4. The lowest BCUT2D eigenvalue weighted by Crippen LogP contribution is -2.34. The van der Waals surface area contributed by atoms with Gasteiger partial charge in [-0.05, 0) is 83.1 Å². The largest absolute Gasteiger partial charge is 0.480 e. The third-order valence-corrected chi connectivity index (χ3v) is 8.93. The molecule has 4 N–H and O–H groups in total. The first-order valence-electron chi connectivity index (χ1n) is 20.9. The number of hydrogen-bond donors (Lipinski definition) is 3. The van der Waals surface area contributed by atoms with Crippen molar-refractivity contribution in [2.45, 2.75) is 135 Å². The minimum absolute atomic E-state index is 0.0257. The normalized spacial score (nSPS) is 14.7. The van der Waals surface area contributed by atoms with E-state index in [1.807, 2.05) is 18.2 Å². The van der Waals surface area contributed by atoms with Gasteiger partial charge in [-0.15, -0.1) is 0 Å². The molecule has 0 aromatic heterocycles. The van der Waals surface area contributed by atoms with Crippen LogP contribution in [0.3, 0.4) is 0 Å². The molecule has 0 aromatic rings. The average Bonchev–Trinajstić information content (AvgIpc) is 3.20. The highest BCUT2D eigenvalue weighted by Gasteiger charge is 2.28. The number of carboxylic acid groups (broad SMARTS) is 1. The molecular weight excluding hydrogens is 773 g/mol. The number of ketones is 1. The van der Waals surface area contributed by atoms with E-state index in [4.69, 9.17) is 24.8 Å². The molecule has 0 saturated heterocycles. The summed E-state index contributed by atoms with van der Waals surface area (Å²) in [6.07, 6.45) is 47.5. The number of unbranched alkanes of at least 4 members (excludes halogenated alkanes) is 4. The van der Waals surface area contributed by atoms with Crippen molar-refractivity contribution in [2.75, 3.05) is 19.8 Å². The topological polar surface area (TPSA) is 189 Å². The monoisotopic (exact) mass is 843 g/mol. The number of phosphoric ester groups is 1. The summed E-state index contributed by atoms with van der Waals surface area (Å²) in [5, 5.41) is 8.88. The lowest BCUT2D eigenvalue weighted by Gasteiger charge is -2.20. The van der Waals surface area contributed by atoms with Crippen LogP contribution >= 0.6 is 7.82 Å². The predicted molar refractivity (Wildman–Crippen MR) is 235 cm³/mol. The number of nitrogens with two attached hydrogens (primary N) is 1. The Morgan fingerprint density at radius 1 is 0.593 bits per heavy atom. The van der Waals surface area contributed by atoms with Gasteiger partial charge in [-0.3, -0.25) is 28.2 Å². The Morgan fingerprint density at radius 2 is 1.10 bits per heavy atom. The van der Waals surface area contributed by atoms with Crippen LogP contribution in [0, 0.1) is 0 Å². The molecule has 0 amide bonds. The number of rotatable bonds is 37. The zero-order chi connectivity index (χ0) is 43.7. The van der Waals surface area contributed by atoms with Crippen LogP contribution in [-0.4, -0.2) is 65.7 Å². The maximum atomic E-state index is 12.6. The van der Waals surface area contributed by atoms with Gasteiger partial charge < -0.3 is 25.2 Å². The molecule has 0 radical (unpaired) electrons. The molecule has 0 aliphatic heterocycles. The van der Waals surface area contributed by atoms with E-state index in [1.165, 1.54) is 25.3 Å². The lowest BCUT2D eigenvalue weighted by molar-refractivity contribution is -0.161. The maximum absolute atomic E-state index is 12.6. The van der Waals surface area contributed by atoms with Crippen LogP contribution in [0.15, 0.2) is 109 Å². The Bertz CT molecular complexity index is 1470. The number of phosphoric acid groups is 1. The quantitative estimate of drug-likeness (QED) is 0.0134. The standard InChI is InChI=1S/C46H70NO11P/c1-3-5-7-9-11-13-15-17-18-19-20-22-24-26-28-30-32-36-45(50)58-42(39-56-59(53,54)57-40-43(47)46(51)52)38-55-44(49)37-33-35-41(48)34-31-29-27-25-23-21-16-14-12-10-8-6-4-2/h5,7,11-14,17-18,20-23,26-29,31,34,42-43H,3-4,6,8-10,15-16,19,24-25,30,32-33,35-40,47H2,1-2H3,(H,51,52)(H,53,54)/b7-5-,13-11-,14-12-,18-17-,22-20-,23-21-,28-26-,29-27-,34-31+/t42-,43+/m1/s1. The van der Waals surface area contributed by atoms with E-state index >= 15 is 0 Å². The predicted octanol–water partition coefficient (Wildman–Crippen LogP) is 10.2. The lowest BCUT2D eigenvalue weighted by atomic mass is 10.1. The van der Waals surface area contributed by atoms with Gasteiger partial charge in [-0.2, -0.15) is 0 Å². The van der Waals surface area contributed by atoms with E-state index in [1.54, 1.807) is 12.2 Å². The van der Waals surface area contributed by atoms with Crippen LogP contribution in [0.2, 0.25) is 0 Å². The van der Waals surface area contributed by atoms with Crippen molar-refractivity contribution < 1.29 is 52.3 Å². The molecule has 0 rings (SSSR count). The minimum atomic E-state index is -4.79. The van der Waals surface area contributed by atoms with Crippen molar-refractivity contribution in [1.29, 1.82) is 0 Å². The van der Waals surface area contributed by atoms with Gasteiger partial charge in [0.15, 0.2) is 11.9 Å². The molecule has 330 valence electrons. The van der Waals surface area contributed by atoms with E-state index in [0.717, 1.165) is 51.4 Å². The molecule has 0 fully saturated rings. The number of carboxylic acids is 1. The fourth-order valence-electron chi connectivity index (χ4n) is 4.70. The van der Waals surface area contributed by atoms with E-state index in [2.05, 4.69) is 91.3 Å². The van der Waals surface area contributed by atoms with Crippen LogP contribution in [-0.2, 0) is 42.3 Å². The van der Waals surface area contributed by atoms with Gasteiger partial charge in [0.05, 0.1) is 13.2 Å². The Morgan fingerprint density at radius 3 is 1.66 bits per heavy atom. The van der Waals surface area contributed by atoms with Gasteiger partial charge in [-0.1, -0.05) is 130 Å². The first-order chi connectivity index (χ1) is 28.5. The molecular formula is C46H70NO11P. The minimum Gasteiger partial charge on any atom is -0.480 e. The van der Waals surface area contributed by atoms with Crippen LogP contribution < -0.4 is 5.73 Å². The first kappa shape index (κ1) is 54.8. The highest BCUT2D eigenvalue weighted by atomic mass is 31.2. The van der Waals surface area contributed by atoms with Crippen LogP contribution in [0.5, 0.6) is 0 Å². The molecule has 13 heteroatoms. The third kappa shape index (κ3) is 39.1. The van der Waals surface area contributed by atoms with Crippen LogP contribution in [0.1, 0.15) is 123 Å². The van der Waals surface area contributed by atoms with Gasteiger partial charge in [0.1, 0.15) is 12.6 Å². The Balaban J connectivity index is 4.71. The molecule has 0 aliphatic carbocycles. The molecule has 3 atom stereocenters. The van der Waals surface area contributed by atoms with Gasteiger partial charge in [0, 0.05) is 19.3 Å². The van der Waals surface area contributed by atoms with Gasteiger partial charge in [0.2, 0.25) is 0 Å².